The first-order valence-corrected chi connectivity index (χ1v) is 7.90. The average molecular weight is 362 g/mol. The molecular weight excluding hydrogens is 345 g/mol. The molecule has 2 heterocycles. The maximum absolute atomic E-state index is 14.6. The van der Waals surface area contributed by atoms with Crippen molar-refractivity contribution in [3.8, 4) is 0 Å². The molecule has 2 N–H and O–H groups in total. The van der Waals surface area contributed by atoms with Crippen molar-refractivity contribution in [3.63, 3.8) is 0 Å². The van der Waals surface area contributed by atoms with E-state index < -0.39 is 23.3 Å². The van der Waals surface area contributed by atoms with E-state index in [2.05, 4.69) is 20.3 Å². The smallest absolute Gasteiger partial charge is 0.266 e. The van der Waals surface area contributed by atoms with Gasteiger partial charge in [0, 0.05) is 17.3 Å². The maximum Gasteiger partial charge on any atom is 0.266 e. The van der Waals surface area contributed by atoms with Gasteiger partial charge in [0.2, 0.25) is 0 Å². The summed E-state index contributed by atoms with van der Waals surface area (Å²) in [5, 5.41) is 3.62. The van der Waals surface area contributed by atoms with Gasteiger partial charge in [0.15, 0.2) is 0 Å². The zero-order chi connectivity index (χ0) is 19.1. The van der Waals surface area contributed by atoms with Crippen LogP contribution in [0.15, 0.2) is 35.5 Å². The lowest BCUT2D eigenvalue weighted by molar-refractivity contribution is 0.146. The van der Waals surface area contributed by atoms with Crippen LogP contribution in [0.2, 0.25) is 0 Å². The number of aromatic nitrogens is 3. The van der Waals surface area contributed by atoms with Gasteiger partial charge in [0.25, 0.3) is 12.0 Å². The zero-order valence-electron chi connectivity index (χ0n) is 14.4. The molecule has 0 aliphatic carbocycles. The van der Waals surface area contributed by atoms with E-state index in [9.17, 15) is 18.0 Å². The summed E-state index contributed by atoms with van der Waals surface area (Å²) >= 11 is 0. The predicted octanol–water partition coefficient (Wildman–Crippen LogP) is 4.05. The largest absolute Gasteiger partial charge is 0.360 e. The third kappa shape index (κ3) is 3.02. The quantitative estimate of drug-likeness (QED) is 0.735. The van der Waals surface area contributed by atoms with Crippen molar-refractivity contribution in [2.24, 2.45) is 0 Å². The summed E-state index contributed by atoms with van der Waals surface area (Å²) in [7, 11) is 0. The third-order valence-electron chi connectivity index (χ3n) is 4.30. The Morgan fingerprint density at radius 1 is 1.23 bits per heavy atom. The lowest BCUT2D eigenvalue weighted by Crippen LogP contribution is -2.30. The molecule has 0 saturated carbocycles. The second kappa shape index (κ2) is 6.44. The van der Waals surface area contributed by atoms with Crippen molar-refractivity contribution in [3.05, 3.63) is 63.6 Å². The Labute approximate surface area is 147 Å². The fourth-order valence-electron chi connectivity index (χ4n) is 2.85. The van der Waals surface area contributed by atoms with Crippen molar-refractivity contribution < 1.29 is 13.2 Å². The Kier molecular flexibility index (Phi) is 4.43. The Hall–Kier alpha value is -2.90. The molecule has 0 saturated heterocycles. The number of hydrogen-bond donors (Lipinski definition) is 2. The Balaban J connectivity index is 2.09. The Morgan fingerprint density at radius 3 is 2.65 bits per heavy atom. The van der Waals surface area contributed by atoms with Gasteiger partial charge >= 0.3 is 0 Å². The number of H-pyrrole nitrogens is 1. The Bertz CT molecular complexity index is 1030. The fraction of sp³-hybridized carbons (Fsp3) is 0.278. The van der Waals surface area contributed by atoms with Crippen LogP contribution in [0.1, 0.15) is 37.0 Å². The van der Waals surface area contributed by atoms with Crippen LogP contribution in [-0.2, 0) is 5.54 Å². The molecule has 1 aromatic carbocycles. The van der Waals surface area contributed by atoms with E-state index in [0.717, 1.165) is 6.07 Å². The number of rotatable bonds is 4. The summed E-state index contributed by atoms with van der Waals surface area (Å²) in [6.45, 7) is 4.95. The molecule has 8 heteroatoms. The van der Waals surface area contributed by atoms with Crippen LogP contribution >= 0.6 is 0 Å². The van der Waals surface area contributed by atoms with Crippen molar-refractivity contribution in [1.82, 2.24) is 15.0 Å². The number of halogens is 3. The standard InChI is InChI=1S/C18H17F3N4O/c1-9-14-11(7-22-17(9)26)16(24-8-23-14)25-18(2,3)12-6-4-5-10(13(12)19)15(20)21/h4-8,15H,1-3H3,(H,22,26)(H,23,24,25). The van der Waals surface area contributed by atoms with E-state index in [4.69, 9.17) is 0 Å². The van der Waals surface area contributed by atoms with E-state index in [1.54, 1.807) is 20.8 Å². The number of aromatic amines is 1. The molecule has 0 spiro atoms. The van der Waals surface area contributed by atoms with Gasteiger partial charge in [-0.2, -0.15) is 0 Å². The van der Waals surface area contributed by atoms with Gasteiger partial charge in [-0.3, -0.25) is 4.79 Å². The number of fused-ring (bicyclic) bond motifs is 1. The summed E-state index contributed by atoms with van der Waals surface area (Å²) in [5.41, 5.74) is -0.980. The number of pyridine rings is 1. The van der Waals surface area contributed by atoms with Crippen LogP contribution in [0.5, 0.6) is 0 Å². The van der Waals surface area contributed by atoms with E-state index in [0.29, 0.717) is 22.3 Å². The van der Waals surface area contributed by atoms with Crippen molar-refractivity contribution in [1.29, 1.82) is 0 Å². The molecule has 0 fully saturated rings. The highest BCUT2D eigenvalue weighted by Crippen LogP contribution is 2.33. The minimum Gasteiger partial charge on any atom is -0.360 e. The number of nitrogens with one attached hydrogen (secondary N) is 2. The molecule has 0 bridgehead atoms. The molecule has 136 valence electrons. The number of alkyl halides is 2. The molecule has 0 radical (unpaired) electrons. The monoisotopic (exact) mass is 362 g/mol. The lowest BCUT2D eigenvalue weighted by Gasteiger charge is -2.29. The molecule has 3 aromatic rings. The molecule has 2 aromatic heterocycles. The summed E-state index contributed by atoms with van der Waals surface area (Å²) in [4.78, 5) is 22.6. The summed E-state index contributed by atoms with van der Waals surface area (Å²) in [6, 6.07) is 3.90. The van der Waals surface area contributed by atoms with E-state index in [-0.39, 0.29) is 11.1 Å². The average Bonchev–Trinajstić information content (AvgIpc) is 2.58. The lowest BCUT2D eigenvalue weighted by atomic mass is 9.91. The third-order valence-corrected chi connectivity index (χ3v) is 4.30. The normalized spacial score (nSPS) is 12.0. The van der Waals surface area contributed by atoms with Crippen LogP contribution < -0.4 is 10.9 Å². The van der Waals surface area contributed by atoms with E-state index in [1.807, 2.05) is 0 Å². The highest BCUT2D eigenvalue weighted by atomic mass is 19.3. The van der Waals surface area contributed by atoms with Gasteiger partial charge in [0.1, 0.15) is 18.0 Å². The molecule has 26 heavy (non-hydrogen) atoms. The number of nitrogens with zero attached hydrogens (tertiary/aromatic N) is 2. The highest BCUT2D eigenvalue weighted by molar-refractivity contribution is 5.90. The van der Waals surface area contributed by atoms with Gasteiger partial charge in [-0.25, -0.2) is 23.1 Å². The van der Waals surface area contributed by atoms with Crippen LogP contribution in [0.25, 0.3) is 10.9 Å². The van der Waals surface area contributed by atoms with Gasteiger partial charge < -0.3 is 10.3 Å². The molecule has 0 amide bonds. The first kappa shape index (κ1) is 17.9. The SMILES string of the molecule is Cc1c(=O)[nH]cc2c(NC(C)(C)c3cccc(C(F)F)c3F)ncnc12. The van der Waals surface area contributed by atoms with Crippen molar-refractivity contribution in [2.75, 3.05) is 5.32 Å². The predicted molar refractivity (Wildman–Crippen MR) is 92.9 cm³/mol. The summed E-state index contributed by atoms with van der Waals surface area (Å²) in [6.07, 6.45) is -0.146. The topological polar surface area (TPSA) is 70.7 Å². The molecule has 5 nitrogen and oxygen atoms in total. The molecule has 0 aliphatic rings. The molecule has 0 atom stereocenters. The Morgan fingerprint density at radius 2 is 1.96 bits per heavy atom. The van der Waals surface area contributed by atoms with Gasteiger partial charge in [-0.05, 0) is 20.8 Å². The fourth-order valence-corrected chi connectivity index (χ4v) is 2.85. The van der Waals surface area contributed by atoms with E-state index in [1.165, 1.54) is 24.7 Å². The number of anilines is 1. The summed E-state index contributed by atoms with van der Waals surface area (Å²) in [5.74, 6) is -0.593. The second-order valence-corrected chi connectivity index (χ2v) is 6.49. The van der Waals surface area contributed by atoms with E-state index >= 15 is 0 Å². The first-order chi connectivity index (χ1) is 12.2. The van der Waals surface area contributed by atoms with Gasteiger partial charge in [-0.15, -0.1) is 0 Å². The second-order valence-electron chi connectivity index (χ2n) is 6.49. The van der Waals surface area contributed by atoms with Crippen molar-refractivity contribution in [2.45, 2.75) is 32.7 Å². The van der Waals surface area contributed by atoms with Gasteiger partial charge in [-0.1, -0.05) is 18.2 Å². The van der Waals surface area contributed by atoms with Crippen LogP contribution in [0.3, 0.4) is 0 Å². The molecule has 0 unspecified atom stereocenters. The molecule has 0 aliphatic heterocycles. The highest BCUT2D eigenvalue weighted by Gasteiger charge is 2.28. The minimum atomic E-state index is -2.90. The van der Waals surface area contributed by atoms with Crippen LogP contribution in [-0.4, -0.2) is 15.0 Å². The van der Waals surface area contributed by atoms with Gasteiger partial charge in [0.05, 0.1) is 22.0 Å². The molecular formula is C18H17F3N4O. The van der Waals surface area contributed by atoms with Crippen LogP contribution in [0, 0.1) is 12.7 Å². The minimum absolute atomic E-state index is 0.0863. The van der Waals surface area contributed by atoms with Crippen LogP contribution in [0.4, 0.5) is 19.0 Å². The summed E-state index contributed by atoms with van der Waals surface area (Å²) < 4.78 is 40.5. The number of hydrogen-bond acceptors (Lipinski definition) is 4. The number of aryl methyl sites for hydroxylation is 1. The number of benzene rings is 1. The molecule has 3 rings (SSSR count). The van der Waals surface area contributed by atoms with Crippen molar-refractivity contribution >= 4 is 16.7 Å². The first-order valence-electron chi connectivity index (χ1n) is 7.90. The zero-order valence-corrected chi connectivity index (χ0v) is 14.4. The maximum atomic E-state index is 14.6.